The summed E-state index contributed by atoms with van der Waals surface area (Å²) >= 11 is 1.02. The molecule has 5 atom stereocenters. The normalized spacial score (nSPS) is 31.2. The zero-order valence-electron chi connectivity index (χ0n) is 17.2. The maximum Gasteiger partial charge on any atom is 0.407 e. The third kappa shape index (κ3) is 5.70. The van der Waals surface area contributed by atoms with Crippen molar-refractivity contribution in [2.24, 2.45) is 0 Å². The molecule has 0 saturated carbocycles. The number of carbonyl (C=O) groups excluding carboxylic acids is 2. The van der Waals surface area contributed by atoms with Crippen LogP contribution in [0.1, 0.15) is 13.8 Å². The first kappa shape index (κ1) is 25.0. The van der Waals surface area contributed by atoms with Gasteiger partial charge in [-0.15, -0.1) is 0 Å². The first-order valence-corrected chi connectivity index (χ1v) is 11.5. The highest BCUT2D eigenvalue weighted by Crippen LogP contribution is 2.51. The van der Waals surface area contributed by atoms with Gasteiger partial charge in [-0.3, -0.25) is 18.6 Å². The number of aliphatic hydroxyl groups is 1. The van der Waals surface area contributed by atoms with Gasteiger partial charge in [-0.25, -0.2) is 13.6 Å². The van der Waals surface area contributed by atoms with Gasteiger partial charge in [0.1, 0.15) is 17.5 Å². The summed E-state index contributed by atoms with van der Waals surface area (Å²) in [5.41, 5.74) is -1.97. The number of amides is 1. The summed E-state index contributed by atoms with van der Waals surface area (Å²) in [4.78, 5) is 23.6. The Balaban J connectivity index is 2.04. The fraction of sp³-hybridized carbons (Fsp3) is 0.647. The van der Waals surface area contributed by atoms with Crippen molar-refractivity contribution in [1.29, 1.82) is 0 Å². The molecule has 1 fully saturated rings. The van der Waals surface area contributed by atoms with Gasteiger partial charge in [-0.05, 0) is 21.0 Å². The molecule has 2 unspecified atom stereocenters. The Kier molecular flexibility index (Phi) is 8.25. The molecule has 1 saturated heterocycles. The summed E-state index contributed by atoms with van der Waals surface area (Å²) in [5.74, 6) is -0.0288. The van der Waals surface area contributed by atoms with Crippen LogP contribution in [0.5, 0.6) is 0 Å². The van der Waals surface area contributed by atoms with Crippen LogP contribution in [-0.4, -0.2) is 82.9 Å². The lowest BCUT2D eigenvalue weighted by Crippen LogP contribution is -2.48. The molecule has 0 aromatic rings. The number of nitrogens with zero attached hydrogens (tertiary/aromatic N) is 2. The predicted octanol–water partition coefficient (Wildman–Crippen LogP) is 1.20. The molecule has 2 aliphatic rings. The van der Waals surface area contributed by atoms with E-state index in [9.17, 15) is 23.7 Å². The quantitative estimate of drug-likeness (QED) is 0.378. The van der Waals surface area contributed by atoms with Gasteiger partial charge in [0.15, 0.2) is 17.5 Å². The highest BCUT2D eigenvalue weighted by molar-refractivity contribution is 8.13. The topological polar surface area (TPSA) is 118 Å². The lowest BCUT2D eigenvalue weighted by molar-refractivity contribution is -0.118. The van der Waals surface area contributed by atoms with Crippen LogP contribution in [0.4, 0.5) is 4.39 Å². The number of hydrogen-bond donors (Lipinski definition) is 2. The van der Waals surface area contributed by atoms with Crippen molar-refractivity contribution in [3.63, 3.8) is 0 Å². The fourth-order valence-corrected chi connectivity index (χ4v) is 4.51. The molecule has 30 heavy (non-hydrogen) atoms. The smallest absolute Gasteiger partial charge is 0.384 e. The highest BCUT2D eigenvalue weighted by atomic mass is 32.2. The van der Waals surface area contributed by atoms with Crippen LogP contribution in [0.25, 0.3) is 0 Å². The third-order valence-corrected chi connectivity index (χ3v) is 7.27. The maximum atomic E-state index is 15.0. The third-order valence-electron chi connectivity index (χ3n) is 4.53. The average molecular weight is 467 g/mol. The van der Waals surface area contributed by atoms with Crippen LogP contribution in [-0.2, 0) is 27.9 Å². The van der Waals surface area contributed by atoms with Crippen LogP contribution in [0.2, 0.25) is 0 Å². The Labute approximate surface area is 179 Å². The number of ether oxygens (including phenoxy) is 1. The van der Waals surface area contributed by atoms with E-state index in [-0.39, 0.29) is 23.3 Å². The number of nitrogens with one attached hydrogen (secondary N) is 1. The number of thioether (sulfide) groups is 1. The standard InChI is InChI=1S/C17H27FN3O7PS/c1-11-19-14(23)6-7-21(11)16-15(18)17(3,24)13(28-16)10-27-29(25,20(4)5)26-8-9-30-12(2)22/h6-7,13,15-16,24H,1,8-10H2,2-5H3,(H,19,23)/t13-,15?,16-,17+,29?/m1/s1. The molecule has 0 bridgehead atoms. The van der Waals surface area contributed by atoms with Crippen LogP contribution in [0.3, 0.4) is 0 Å². The van der Waals surface area contributed by atoms with Gasteiger partial charge >= 0.3 is 7.75 Å². The lowest BCUT2D eigenvalue weighted by atomic mass is 9.96. The van der Waals surface area contributed by atoms with Crippen LogP contribution in [0.15, 0.2) is 24.7 Å². The monoisotopic (exact) mass is 467 g/mol. The van der Waals surface area contributed by atoms with Crippen molar-refractivity contribution in [2.45, 2.75) is 38.0 Å². The molecule has 170 valence electrons. The second kappa shape index (κ2) is 9.90. The van der Waals surface area contributed by atoms with E-state index in [1.807, 2.05) is 0 Å². The van der Waals surface area contributed by atoms with Gasteiger partial charge in [0, 0.05) is 25.0 Å². The second-order valence-electron chi connectivity index (χ2n) is 7.09. The SMILES string of the molecule is C=C1NC(=O)C=CN1[C@@H]1O[C@H](COP(=O)(OCCSC(C)=O)N(C)C)[C@](C)(O)C1F. The second-order valence-corrected chi connectivity index (χ2v) is 10.6. The minimum atomic E-state index is -3.76. The van der Waals surface area contributed by atoms with Gasteiger partial charge < -0.3 is 20.1 Å². The van der Waals surface area contributed by atoms with Crippen molar-refractivity contribution < 1.29 is 37.4 Å². The molecule has 1 amide bonds. The van der Waals surface area contributed by atoms with E-state index < -0.39 is 44.4 Å². The van der Waals surface area contributed by atoms with E-state index in [0.29, 0.717) is 0 Å². The van der Waals surface area contributed by atoms with Crippen LogP contribution < -0.4 is 5.32 Å². The molecular weight excluding hydrogens is 440 g/mol. The highest BCUT2D eigenvalue weighted by Gasteiger charge is 2.56. The molecule has 2 heterocycles. The zero-order valence-corrected chi connectivity index (χ0v) is 19.0. The molecule has 0 aromatic carbocycles. The Hall–Kier alpha value is -1.27. The first-order chi connectivity index (χ1) is 13.9. The number of halogens is 1. The van der Waals surface area contributed by atoms with E-state index >= 15 is 0 Å². The Bertz CT molecular complexity index is 764. The molecule has 2 rings (SSSR count). The van der Waals surface area contributed by atoms with Crippen molar-refractivity contribution in [1.82, 2.24) is 14.9 Å². The molecule has 0 spiro atoms. The summed E-state index contributed by atoms with van der Waals surface area (Å²) in [6.45, 7) is 5.87. The Morgan fingerprint density at radius 3 is 2.77 bits per heavy atom. The molecule has 0 aromatic heterocycles. The Morgan fingerprint density at radius 1 is 1.53 bits per heavy atom. The summed E-state index contributed by atoms with van der Waals surface area (Å²) in [6, 6.07) is 0. The zero-order chi connectivity index (χ0) is 22.7. The predicted molar refractivity (Wildman–Crippen MR) is 109 cm³/mol. The summed E-state index contributed by atoms with van der Waals surface area (Å²) < 4.78 is 45.6. The van der Waals surface area contributed by atoms with Gasteiger partial charge in [0.05, 0.1) is 13.2 Å². The van der Waals surface area contributed by atoms with Crippen LogP contribution in [0, 0.1) is 0 Å². The lowest BCUT2D eigenvalue weighted by Gasteiger charge is -2.32. The van der Waals surface area contributed by atoms with E-state index in [1.54, 1.807) is 0 Å². The number of rotatable bonds is 9. The number of alkyl halides is 1. The molecular formula is C17H27FN3O7PS. The van der Waals surface area contributed by atoms with E-state index in [4.69, 9.17) is 13.8 Å². The van der Waals surface area contributed by atoms with Gasteiger partial charge in [-0.2, -0.15) is 0 Å². The van der Waals surface area contributed by atoms with E-state index in [0.717, 1.165) is 11.8 Å². The summed E-state index contributed by atoms with van der Waals surface area (Å²) in [5, 5.41) is 13.0. The molecule has 10 nitrogen and oxygen atoms in total. The molecule has 0 aliphatic carbocycles. The molecule has 2 N–H and O–H groups in total. The van der Waals surface area contributed by atoms with Gasteiger partial charge in [-0.1, -0.05) is 18.3 Å². The van der Waals surface area contributed by atoms with E-state index in [2.05, 4.69) is 11.9 Å². The number of hydrogen-bond acceptors (Lipinski definition) is 9. The minimum Gasteiger partial charge on any atom is -0.384 e. The maximum absolute atomic E-state index is 15.0. The van der Waals surface area contributed by atoms with Gasteiger partial charge in [0.2, 0.25) is 0 Å². The van der Waals surface area contributed by atoms with Gasteiger partial charge in [0.25, 0.3) is 5.91 Å². The fourth-order valence-electron chi connectivity index (χ4n) is 2.75. The molecule has 13 heteroatoms. The number of carbonyl (C=O) groups is 2. The van der Waals surface area contributed by atoms with Crippen LogP contribution >= 0.6 is 19.5 Å². The van der Waals surface area contributed by atoms with Crippen molar-refractivity contribution in [3.05, 3.63) is 24.7 Å². The molecule has 2 aliphatic heterocycles. The Morgan fingerprint density at radius 2 is 2.20 bits per heavy atom. The minimum absolute atomic E-state index is 0.00588. The summed E-state index contributed by atoms with van der Waals surface area (Å²) in [6.07, 6.45) is -1.85. The largest absolute Gasteiger partial charge is 0.407 e. The van der Waals surface area contributed by atoms with Crippen molar-refractivity contribution in [2.75, 3.05) is 33.1 Å². The van der Waals surface area contributed by atoms with Crippen molar-refractivity contribution in [3.8, 4) is 0 Å². The average Bonchev–Trinajstić information content (AvgIpc) is 2.86. The molecule has 0 radical (unpaired) electrons. The van der Waals surface area contributed by atoms with E-state index in [1.165, 1.54) is 49.8 Å². The van der Waals surface area contributed by atoms with Crippen molar-refractivity contribution >= 4 is 30.5 Å². The summed E-state index contributed by atoms with van der Waals surface area (Å²) in [7, 11) is -0.790. The first-order valence-electron chi connectivity index (χ1n) is 9.07.